The van der Waals surface area contributed by atoms with Crippen LogP contribution in [0.5, 0.6) is 0 Å². The van der Waals surface area contributed by atoms with Gasteiger partial charge in [-0.05, 0) is 31.0 Å². The van der Waals surface area contributed by atoms with Crippen molar-refractivity contribution in [2.24, 2.45) is 0 Å². The Labute approximate surface area is 102 Å². The first-order valence-corrected chi connectivity index (χ1v) is 5.67. The monoisotopic (exact) mass is 231 g/mol. The number of amides is 1. The topological polar surface area (TPSA) is 49.3 Å². The summed E-state index contributed by atoms with van der Waals surface area (Å²) in [5.74, 6) is 5.47. The Hall–Kier alpha value is -1.79. The standard InChI is InChI=1S/C14H17NO2/c1-3-5-14(17)15-13-8-7-11(2)12(10-13)6-4-9-16/h7-8,10,16H,3,5,9H2,1-2H3,(H,15,17). The number of carbonyl (C=O) groups excluding carboxylic acids is 1. The van der Waals surface area contributed by atoms with Gasteiger partial charge in [0.05, 0.1) is 0 Å². The molecule has 0 atom stereocenters. The molecule has 0 aliphatic rings. The molecule has 3 heteroatoms. The molecule has 17 heavy (non-hydrogen) atoms. The molecule has 1 aromatic rings. The molecule has 0 aromatic heterocycles. The van der Waals surface area contributed by atoms with Gasteiger partial charge in [-0.25, -0.2) is 0 Å². The third-order valence-corrected chi connectivity index (χ3v) is 2.30. The first-order chi connectivity index (χ1) is 8.17. The number of benzene rings is 1. The molecule has 0 saturated carbocycles. The molecule has 0 spiro atoms. The van der Waals surface area contributed by atoms with E-state index in [0.29, 0.717) is 6.42 Å². The number of aryl methyl sites for hydroxylation is 1. The molecule has 0 aliphatic carbocycles. The Bertz CT molecular complexity index is 455. The van der Waals surface area contributed by atoms with Gasteiger partial charge in [-0.3, -0.25) is 4.79 Å². The van der Waals surface area contributed by atoms with Crippen LogP contribution in [-0.4, -0.2) is 17.6 Å². The van der Waals surface area contributed by atoms with E-state index in [1.807, 2.05) is 32.0 Å². The quantitative estimate of drug-likeness (QED) is 0.782. The molecule has 0 bridgehead atoms. The van der Waals surface area contributed by atoms with E-state index in [2.05, 4.69) is 17.2 Å². The van der Waals surface area contributed by atoms with Crippen LogP contribution >= 0.6 is 0 Å². The van der Waals surface area contributed by atoms with Gasteiger partial charge in [0.25, 0.3) is 0 Å². The van der Waals surface area contributed by atoms with Crippen molar-refractivity contribution < 1.29 is 9.90 Å². The highest BCUT2D eigenvalue weighted by Gasteiger charge is 2.02. The average molecular weight is 231 g/mol. The van der Waals surface area contributed by atoms with Gasteiger partial charge in [-0.2, -0.15) is 0 Å². The molecule has 0 radical (unpaired) electrons. The number of hydrogen-bond donors (Lipinski definition) is 2. The van der Waals surface area contributed by atoms with Crippen LogP contribution in [0.2, 0.25) is 0 Å². The lowest BCUT2D eigenvalue weighted by molar-refractivity contribution is -0.116. The number of rotatable bonds is 3. The van der Waals surface area contributed by atoms with Crippen LogP contribution in [0.3, 0.4) is 0 Å². The molecule has 0 heterocycles. The molecule has 1 rings (SSSR count). The summed E-state index contributed by atoms with van der Waals surface area (Å²) in [5, 5.41) is 11.5. The second-order valence-corrected chi connectivity index (χ2v) is 3.79. The summed E-state index contributed by atoms with van der Waals surface area (Å²) in [7, 11) is 0. The van der Waals surface area contributed by atoms with Crippen molar-refractivity contribution >= 4 is 11.6 Å². The maximum Gasteiger partial charge on any atom is 0.224 e. The molecule has 3 nitrogen and oxygen atoms in total. The van der Waals surface area contributed by atoms with E-state index in [9.17, 15) is 4.79 Å². The van der Waals surface area contributed by atoms with Crippen molar-refractivity contribution in [3.8, 4) is 11.8 Å². The van der Waals surface area contributed by atoms with Crippen LogP contribution in [0, 0.1) is 18.8 Å². The number of aliphatic hydroxyl groups excluding tert-OH is 1. The molecule has 0 aliphatic heterocycles. The number of anilines is 1. The van der Waals surface area contributed by atoms with Crippen LogP contribution in [0.15, 0.2) is 18.2 Å². The van der Waals surface area contributed by atoms with Crippen molar-refractivity contribution in [1.82, 2.24) is 0 Å². The maximum absolute atomic E-state index is 11.4. The molecule has 2 N–H and O–H groups in total. The Morgan fingerprint density at radius 1 is 1.47 bits per heavy atom. The maximum atomic E-state index is 11.4. The van der Waals surface area contributed by atoms with Gasteiger partial charge in [0.1, 0.15) is 6.61 Å². The van der Waals surface area contributed by atoms with E-state index in [-0.39, 0.29) is 12.5 Å². The number of nitrogens with one attached hydrogen (secondary N) is 1. The van der Waals surface area contributed by atoms with E-state index < -0.39 is 0 Å². The summed E-state index contributed by atoms with van der Waals surface area (Å²) in [6, 6.07) is 5.58. The Morgan fingerprint density at radius 3 is 2.88 bits per heavy atom. The van der Waals surface area contributed by atoms with E-state index >= 15 is 0 Å². The zero-order valence-corrected chi connectivity index (χ0v) is 10.2. The van der Waals surface area contributed by atoms with Crippen LogP contribution in [0.1, 0.15) is 30.9 Å². The Morgan fingerprint density at radius 2 is 2.24 bits per heavy atom. The van der Waals surface area contributed by atoms with E-state index in [0.717, 1.165) is 23.2 Å². The molecule has 0 unspecified atom stereocenters. The zero-order valence-electron chi connectivity index (χ0n) is 10.2. The van der Waals surface area contributed by atoms with Gasteiger partial charge in [-0.1, -0.05) is 24.8 Å². The highest BCUT2D eigenvalue weighted by molar-refractivity contribution is 5.90. The number of carbonyl (C=O) groups is 1. The number of hydrogen-bond acceptors (Lipinski definition) is 2. The van der Waals surface area contributed by atoms with Crippen LogP contribution in [0.4, 0.5) is 5.69 Å². The zero-order chi connectivity index (χ0) is 12.7. The second-order valence-electron chi connectivity index (χ2n) is 3.79. The SMILES string of the molecule is CCCC(=O)Nc1ccc(C)c(C#CCO)c1. The minimum atomic E-state index is -0.161. The van der Waals surface area contributed by atoms with E-state index in [1.165, 1.54) is 0 Å². The van der Waals surface area contributed by atoms with Crippen molar-refractivity contribution in [2.75, 3.05) is 11.9 Å². The summed E-state index contributed by atoms with van der Waals surface area (Å²) < 4.78 is 0. The molecule has 90 valence electrons. The van der Waals surface area contributed by atoms with Crippen molar-refractivity contribution in [2.45, 2.75) is 26.7 Å². The highest BCUT2D eigenvalue weighted by atomic mass is 16.2. The number of aliphatic hydroxyl groups is 1. The normalized spacial score (nSPS) is 9.35. The van der Waals surface area contributed by atoms with Crippen LogP contribution in [-0.2, 0) is 4.79 Å². The van der Waals surface area contributed by atoms with Gasteiger partial charge in [0, 0.05) is 17.7 Å². The average Bonchev–Trinajstić information content (AvgIpc) is 2.30. The second kappa shape index (κ2) is 6.72. The third-order valence-electron chi connectivity index (χ3n) is 2.30. The molecule has 0 saturated heterocycles. The highest BCUT2D eigenvalue weighted by Crippen LogP contribution is 2.14. The third kappa shape index (κ3) is 4.29. The molecule has 0 fully saturated rings. The smallest absolute Gasteiger partial charge is 0.224 e. The molecule has 1 aromatic carbocycles. The largest absolute Gasteiger partial charge is 0.384 e. The predicted octanol–water partition coefficient (Wildman–Crippen LogP) is 2.08. The summed E-state index contributed by atoms with van der Waals surface area (Å²) in [6.07, 6.45) is 1.35. The summed E-state index contributed by atoms with van der Waals surface area (Å²) >= 11 is 0. The first kappa shape index (κ1) is 13.3. The summed E-state index contributed by atoms with van der Waals surface area (Å²) in [5.41, 5.74) is 2.60. The lowest BCUT2D eigenvalue weighted by Gasteiger charge is -2.06. The van der Waals surface area contributed by atoms with Crippen LogP contribution < -0.4 is 5.32 Å². The van der Waals surface area contributed by atoms with Crippen molar-refractivity contribution in [1.29, 1.82) is 0 Å². The Kier molecular flexibility index (Phi) is 5.25. The fraction of sp³-hybridized carbons (Fsp3) is 0.357. The van der Waals surface area contributed by atoms with E-state index in [4.69, 9.17) is 5.11 Å². The lowest BCUT2D eigenvalue weighted by Crippen LogP contribution is -2.10. The fourth-order valence-corrected chi connectivity index (χ4v) is 1.42. The minimum Gasteiger partial charge on any atom is -0.384 e. The van der Waals surface area contributed by atoms with Crippen LogP contribution in [0.25, 0.3) is 0 Å². The van der Waals surface area contributed by atoms with Gasteiger partial charge in [0.2, 0.25) is 5.91 Å². The van der Waals surface area contributed by atoms with Gasteiger partial charge < -0.3 is 10.4 Å². The van der Waals surface area contributed by atoms with Gasteiger partial charge >= 0.3 is 0 Å². The summed E-state index contributed by atoms with van der Waals surface area (Å²) in [4.78, 5) is 11.4. The summed E-state index contributed by atoms with van der Waals surface area (Å²) in [6.45, 7) is 3.75. The van der Waals surface area contributed by atoms with Crippen molar-refractivity contribution in [3.05, 3.63) is 29.3 Å². The van der Waals surface area contributed by atoms with Gasteiger partial charge in [-0.15, -0.1) is 0 Å². The predicted molar refractivity (Wildman–Crippen MR) is 68.7 cm³/mol. The lowest BCUT2D eigenvalue weighted by atomic mass is 10.1. The Balaban J connectivity index is 2.85. The molecule has 1 amide bonds. The molecular weight excluding hydrogens is 214 g/mol. The molecular formula is C14H17NO2. The fourth-order valence-electron chi connectivity index (χ4n) is 1.42. The first-order valence-electron chi connectivity index (χ1n) is 5.67. The van der Waals surface area contributed by atoms with Crippen molar-refractivity contribution in [3.63, 3.8) is 0 Å². The van der Waals surface area contributed by atoms with E-state index in [1.54, 1.807) is 0 Å². The van der Waals surface area contributed by atoms with Gasteiger partial charge in [0.15, 0.2) is 0 Å². The minimum absolute atomic E-state index is 0.0115.